The molecular formula is C5H12IN. The summed E-state index contributed by atoms with van der Waals surface area (Å²) in [5.41, 5.74) is 0. The van der Waals surface area contributed by atoms with Crippen LogP contribution < -0.4 is 5.32 Å². The molecule has 0 aliphatic carbocycles. The van der Waals surface area contributed by atoms with E-state index in [1.54, 1.807) is 0 Å². The van der Waals surface area contributed by atoms with Crippen LogP contribution in [-0.2, 0) is 0 Å². The van der Waals surface area contributed by atoms with Crippen molar-refractivity contribution in [1.82, 2.24) is 5.32 Å². The van der Waals surface area contributed by atoms with Crippen LogP contribution >= 0.6 is 22.6 Å². The smallest absolute Gasteiger partial charge is 0.0566 e. The van der Waals surface area contributed by atoms with Crippen LogP contribution in [0.5, 0.6) is 0 Å². The molecule has 0 aromatic heterocycles. The average molecular weight is 213 g/mol. The standard InChI is InChI=1S/C5H12IN/c1-4(2)7-5(3)6/h4-5,7H,1-3H3. The molecule has 0 heterocycles. The number of alkyl halides is 1. The van der Waals surface area contributed by atoms with Crippen molar-refractivity contribution in [2.75, 3.05) is 0 Å². The predicted molar refractivity (Wildman–Crippen MR) is 41.8 cm³/mol. The van der Waals surface area contributed by atoms with Crippen LogP contribution in [0.25, 0.3) is 0 Å². The quantitative estimate of drug-likeness (QED) is 0.418. The summed E-state index contributed by atoms with van der Waals surface area (Å²) < 4.78 is 0.595. The zero-order valence-electron chi connectivity index (χ0n) is 5.03. The molecule has 0 radical (unpaired) electrons. The minimum atomic E-state index is 0.595. The van der Waals surface area contributed by atoms with Crippen LogP contribution in [0, 0.1) is 0 Å². The topological polar surface area (TPSA) is 12.0 Å². The van der Waals surface area contributed by atoms with E-state index in [0.717, 1.165) is 0 Å². The Morgan fingerprint density at radius 3 is 1.71 bits per heavy atom. The highest BCUT2D eigenvalue weighted by atomic mass is 127. The normalized spacial score (nSPS) is 15.0. The third-order valence-corrected chi connectivity index (χ3v) is 0.923. The minimum absolute atomic E-state index is 0.595. The van der Waals surface area contributed by atoms with Crippen LogP contribution in [0.15, 0.2) is 0 Å². The first kappa shape index (κ1) is 7.69. The van der Waals surface area contributed by atoms with E-state index < -0.39 is 0 Å². The van der Waals surface area contributed by atoms with Gasteiger partial charge in [-0.25, -0.2) is 0 Å². The zero-order valence-corrected chi connectivity index (χ0v) is 7.19. The van der Waals surface area contributed by atoms with Crippen molar-refractivity contribution >= 4 is 22.6 Å². The molecule has 0 amide bonds. The van der Waals surface area contributed by atoms with Gasteiger partial charge >= 0.3 is 0 Å². The van der Waals surface area contributed by atoms with E-state index in [0.29, 0.717) is 10.1 Å². The first-order valence-corrected chi connectivity index (χ1v) is 3.77. The number of nitrogens with one attached hydrogen (secondary N) is 1. The highest BCUT2D eigenvalue weighted by molar-refractivity contribution is 14.1. The van der Waals surface area contributed by atoms with Gasteiger partial charge in [-0.05, 0) is 20.8 Å². The molecule has 0 aliphatic rings. The van der Waals surface area contributed by atoms with Crippen LogP contribution in [0.2, 0.25) is 0 Å². The lowest BCUT2D eigenvalue weighted by atomic mass is 10.4. The van der Waals surface area contributed by atoms with E-state index in [2.05, 4.69) is 48.7 Å². The van der Waals surface area contributed by atoms with E-state index in [1.165, 1.54) is 0 Å². The highest BCUT2D eigenvalue weighted by Gasteiger charge is 1.94. The molecule has 0 aliphatic heterocycles. The van der Waals surface area contributed by atoms with Gasteiger partial charge in [0.2, 0.25) is 0 Å². The third-order valence-electron chi connectivity index (χ3n) is 0.563. The van der Waals surface area contributed by atoms with E-state index in [9.17, 15) is 0 Å². The maximum atomic E-state index is 3.29. The monoisotopic (exact) mass is 213 g/mol. The molecule has 1 unspecified atom stereocenters. The van der Waals surface area contributed by atoms with Gasteiger partial charge < -0.3 is 5.32 Å². The van der Waals surface area contributed by atoms with Crippen LogP contribution in [0.3, 0.4) is 0 Å². The largest absolute Gasteiger partial charge is 0.303 e. The summed E-state index contributed by atoms with van der Waals surface area (Å²) in [5, 5.41) is 3.29. The summed E-state index contributed by atoms with van der Waals surface area (Å²) in [7, 11) is 0. The van der Waals surface area contributed by atoms with E-state index >= 15 is 0 Å². The molecule has 7 heavy (non-hydrogen) atoms. The van der Waals surface area contributed by atoms with Crippen molar-refractivity contribution in [3.05, 3.63) is 0 Å². The first-order chi connectivity index (χ1) is 3.13. The molecular weight excluding hydrogens is 201 g/mol. The van der Waals surface area contributed by atoms with Crippen molar-refractivity contribution in [3.8, 4) is 0 Å². The van der Waals surface area contributed by atoms with Crippen molar-refractivity contribution in [1.29, 1.82) is 0 Å². The molecule has 2 heteroatoms. The van der Waals surface area contributed by atoms with Gasteiger partial charge in [-0.15, -0.1) is 0 Å². The summed E-state index contributed by atoms with van der Waals surface area (Å²) in [6.45, 7) is 6.44. The van der Waals surface area contributed by atoms with Crippen LogP contribution in [0.1, 0.15) is 20.8 Å². The average Bonchev–Trinajstić information content (AvgIpc) is 1.27. The molecule has 0 aromatic carbocycles. The number of rotatable bonds is 2. The fourth-order valence-corrected chi connectivity index (χ4v) is 1.18. The summed E-state index contributed by atoms with van der Waals surface area (Å²) in [4.78, 5) is 0. The fraction of sp³-hybridized carbons (Fsp3) is 1.00. The zero-order chi connectivity index (χ0) is 5.86. The summed E-state index contributed by atoms with van der Waals surface area (Å²) in [6, 6.07) is 0.617. The van der Waals surface area contributed by atoms with Gasteiger partial charge in [0.05, 0.1) is 4.05 Å². The Labute approximate surface area is 59.0 Å². The molecule has 0 aromatic rings. The molecule has 0 saturated heterocycles. The second-order valence-electron chi connectivity index (χ2n) is 1.94. The molecule has 0 rings (SSSR count). The minimum Gasteiger partial charge on any atom is -0.303 e. The van der Waals surface area contributed by atoms with Crippen molar-refractivity contribution in [3.63, 3.8) is 0 Å². The van der Waals surface area contributed by atoms with E-state index in [1.807, 2.05) is 0 Å². The van der Waals surface area contributed by atoms with Gasteiger partial charge in [-0.1, -0.05) is 22.6 Å². The van der Waals surface area contributed by atoms with Crippen molar-refractivity contribution < 1.29 is 0 Å². The Hall–Kier alpha value is 0.690. The Kier molecular flexibility index (Phi) is 4.02. The number of hydrogen-bond donors (Lipinski definition) is 1. The molecule has 1 atom stereocenters. The molecule has 44 valence electrons. The van der Waals surface area contributed by atoms with Crippen molar-refractivity contribution in [2.24, 2.45) is 0 Å². The molecule has 1 nitrogen and oxygen atoms in total. The Morgan fingerprint density at radius 2 is 1.71 bits per heavy atom. The Morgan fingerprint density at radius 1 is 1.29 bits per heavy atom. The molecule has 0 bridgehead atoms. The maximum Gasteiger partial charge on any atom is 0.0566 e. The van der Waals surface area contributed by atoms with Gasteiger partial charge in [-0.2, -0.15) is 0 Å². The second kappa shape index (κ2) is 3.66. The second-order valence-corrected chi connectivity index (χ2v) is 3.81. The summed E-state index contributed by atoms with van der Waals surface area (Å²) in [5.74, 6) is 0. The van der Waals surface area contributed by atoms with Gasteiger partial charge in [0, 0.05) is 6.04 Å². The highest BCUT2D eigenvalue weighted by Crippen LogP contribution is 1.93. The molecule has 1 N–H and O–H groups in total. The molecule has 0 fully saturated rings. The fourth-order valence-electron chi connectivity index (χ4n) is 0.459. The third kappa shape index (κ3) is 6.69. The number of hydrogen-bond acceptors (Lipinski definition) is 1. The lowest BCUT2D eigenvalue weighted by Gasteiger charge is -2.08. The van der Waals surface area contributed by atoms with Gasteiger partial charge in [0.1, 0.15) is 0 Å². The summed E-state index contributed by atoms with van der Waals surface area (Å²) >= 11 is 2.35. The van der Waals surface area contributed by atoms with Crippen LogP contribution in [0.4, 0.5) is 0 Å². The van der Waals surface area contributed by atoms with E-state index in [4.69, 9.17) is 0 Å². The van der Waals surface area contributed by atoms with E-state index in [-0.39, 0.29) is 0 Å². The lowest BCUT2D eigenvalue weighted by molar-refractivity contribution is 0.599. The first-order valence-electron chi connectivity index (χ1n) is 2.53. The molecule has 0 spiro atoms. The Balaban J connectivity index is 2.95. The Bertz CT molecular complexity index is 37.3. The maximum absolute atomic E-state index is 3.29. The predicted octanol–water partition coefficient (Wildman–Crippen LogP) is 1.77. The molecule has 0 saturated carbocycles. The SMILES string of the molecule is CC(C)NC(C)I. The lowest BCUT2D eigenvalue weighted by Crippen LogP contribution is -2.27. The van der Waals surface area contributed by atoms with Gasteiger partial charge in [0.15, 0.2) is 0 Å². The van der Waals surface area contributed by atoms with Gasteiger partial charge in [-0.3, -0.25) is 0 Å². The van der Waals surface area contributed by atoms with Gasteiger partial charge in [0.25, 0.3) is 0 Å². The number of halogens is 1. The summed E-state index contributed by atoms with van der Waals surface area (Å²) in [6.07, 6.45) is 0. The van der Waals surface area contributed by atoms with Crippen molar-refractivity contribution in [2.45, 2.75) is 30.9 Å². The van der Waals surface area contributed by atoms with Crippen LogP contribution in [-0.4, -0.2) is 10.1 Å².